The molecule has 1 N–H and O–H groups in total. The van der Waals surface area contributed by atoms with E-state index in [2.05, 4.69) is 24.0 Å². The molecule has 13 heavy (non-hydrogen) atoms. The van der Waals surface area contributed by atoms with Crippen molar-refractivity contribution in [2.24, 2.45) is 0 Å². The van der Waals surface area contributed by atoms with Crippen LogP contribution in [0.5, 0.6) is 0 Å². The maximum Gasteiger partial charge on any atom is 0.166 e. The van der Waals surface area contributed by atoms with Gasteiger partial charge in [0.2, 0.25) is 0 Å². The lowest BCUT2D eigenvalue weighted by molar-refractivity contribution is 0.112. The number of hydrogen-bond donors (Lipinski definition) is 1. The van der Waals surface area contributed by atoms with Gasteiger partial charge in [0.1, 0.15) is 0 Å². The topological polar surface area (TPSA) is 32.9 Å². The Morgan fingerprint density at radius 2 is 2.00 bits per heavy atom. The molecular formula is C11H11NO. The Labute approximate surface area is 76.6 Å². The highest BCUT2D eigenvalue weighted by molar-refractivity contribution is 5.90. The fourth-order valence-electron chi connectivity index (χ4n) is 1.70. The van der Waals surface area contributed by atoms with Crippen molar-refractivity contribution < 1.29 is 4.79 Å². The van der Waals surface area contributed by atoms with Crippen LogP contribution in [0, 0.1) is 13.8 Å². The number of carbonyl (C=O) groups excluding carboxylic acids is 1. The number of aryl methyl sites for hydroxylation is 2. The molecule has 0 aliphatic heterocycles. The molecule has 2 nitrogen and oxygen atoms in total. The number of nitrogens with one attached hydrogen (secondary N) is 1. The smallest absolute Gasteiger partial charge is 0.166 e. The predicted octanol–water partition coefficient (Wildman–Crippen LogP) is 2.60. The molecule has 0 atom stereocenters. The molecule has 1 aromatic carbocycles. The third-order valence-corrected chi connectivity index (χ3v) is 2.22. The summed E-state index contributed by atoms with van der Waals surface area (Å²) in [7, 11) is 0. The van der Waals surface area contributed by atoms with E-state index in [0.29, 0.717) is 5.69 Å². The SMILES string of the molecule is Cc1cc(C)c2[nH]c(C=O)cc2c1. The van der Waals surface area contributed by atoms with E-state index in [0.717, 1.165) is 17.2 Å². The highest BCUT2D eigenvalue weighted by atomic mass is 16.1. The van der Waals surface area contributed by atoms with Crippen molar-refractivity contribution in [2.45, 2.75) is 13.8 Å². The number of aromatic amines is 1. The molecule has 0 saturated heterocycles. The fourth-order valence-corrected chi connectivity index (χ4v) is 1.70. The molecule has 0 spiro atoms. The molecule has 0 aliphatic rings. The number of benzene rings is 1. The Kier molecular flexibility index (Phi) is 1.69. The molecule has 66 valence electrons. The third kappa shape index (κ3) is 1.24. The summed E-state index contributed by atoms with van der Waals surface area (Å²) in [5.41, 5.74) is 4.11. The van der Waals surface area contributed by atoms with Gasteiger partial charge < -0.3 is 4.98 Å². The molecule has 2 rings (SSSR count). The minimum atomic E-state index is 0.642. The van der Waals surface area contributed by atoms with E-state index < -0.39 is 0 Å². The summed E-state index contributed by atoms with van der Waals surface area (Å²) >= 11 is 0. The first-order valence-corrected chi connectivity index (χ1v) is 4.26. The number of carbonyl (C=O) groups is 1. The van der Waals surface area contributed by atoms with Gasteiger partial charge in [-0.25, -0.2) is 0 Å². The first-order chi connectivity index (χ1) is 6.20. The van der Waals surface area contributed by atoms with Crippen LogP contribution in [0.25, 0.3) is 10.9 Å². The summed E-state index contributed by atoms with van der Waals surface area (Å²) in [6.45, 7) is 4.10. The third-order valence-electron chi connectivity index (χ3n) is 2.22. The zero-order chi connectivity index (χ0) is 9.42. The maximum atomic E-state index is 10.5. The summed E-state index contributed by atoms with van der Waals surface area (Å²) in [5, 5.41) is 1.11. The molecule has 0 unspecified atom stereocenters. The van der Waals surface area contributed by atoms with Crippen molar-refractivity contribution in [3.05, 3.63) is 35.0 Å². The number of rotatable bonds is 1. The Hall–Kier alpha value is -1.57. The number of H-pyrrole nitrogens is 1. The zero-order valence-electron chi connectivity index (χ0n) is 7.72. The molecule has 0 aliphatic carbocycles. The fraction of sp³-hybridized carbons (Fsp3) is 0.182. The van der Waals surface area contributed by atoms with E-state index in [1.54, 1.807) is 0 Å². The van der Waals surface area contributed by atoms with E-state index in [1.165, 1.54) is 11.1 Å². The van der Waals surface area contributed by atoms with Crippen LogP contribution in [0.4, 0.5) is 0 Å². The Bertz CT molecular complexity index is 468. The first-order valence-electron chi connectivity index (χ1n) is 4.26. The molecule has 1 aromatic heterocycles. The van der Waals surface area contributed by atoms with Crippen LogP contribution >= 0.6 is 0 Å². The van der Waals surface area contributed by atoms with E-state index in [1.807, 2.05) is 13.0 Å². The van der Waals surface area contributed by atoms with Gasteiger partial charge in [0, 0.05) is 10.9 Å². The summed E-state index contributed by atoms with van der Waals surface area (Å²) in [5.74, 6) is 0. The van der Waals surface area contributed by atoms with Gasteiger partial charge in [0.15, 0.2) is 6.29 Å². The largest absolute Gasteiger partial charge is 0.352 e. The molecule has 0 saturated carbocycles. The van der Waals surface area contributed by atoms with Crippen LogP contribution in [0.2, 0.25) is 0 Å². The van der Waals surface area contributed by atoms with Crippen molar-refractivity contribution >= 4 is 17.2 Å². The first kappa shape index (κ1) is 8.05. The number of hydrogen-bond acceptors (Lipinski definition) is 1. The molecular weight excluding hydrogens is 162 g/mol. The van der Waals surface area contributed by atoms with E-state index in [4.69, 9.17) is 0 Å². The van der Waals surface area contributed by atoms with Gasteiger partial charge in [-0.1, -0.05) is 11.6 Å². The Morgan fingerprint density at radius 3 is 2.69 bits per heavy atom. The van der Waals surface area contributed by atoms with Crippen LogP contribution < -0.4 is 0 Å². The quantitative estimate of drug-likeness (QED) is 0.660. The minimum absolute atomic E-state index is 0.642. The van der Waals surface area contributed by atoms with Gasteiger partial charge in [-0.2, -0.15) is 0 Å². The van der Waals surface area contributed by atoms with Crippen LogP contribution in [0.3, 0.4) is 0 Å². The van der Waals surface area contributed by atoms with Gasteiger partial charge in [0.05, 0.1) is 5.69 Å². The van der Waals surface area contributed by atoms with Crippen LogP contribution in [0.15, 0.2) is 18.2 Å². The summed E-state index contributed by atoms with van der Waals surface area (Å²) in [6.07, 6.45) is 0.842. The molecule has 2 aromatic rings. The number of fused-ring (bicyclic) bond motifs is 1. The van der Waals surface area contributed by atoms with Crippen LogP contribution in [0.1, 0.15) is 21.6 Å². The molecule has 0 bridgehead atoms. The van der Waals surface area contributed by atoms with Crippen molar-refractivity contribution in [1.82, 2.24) is 4.98 Å². The van der Waals surface area contributed by atoms with Gasteiger partial charge in [0.25, 0.3) is 0 Å². The van der Waals surface area contributed by atoms with Crippen LogP contribution in [-0.2, 0) is 0 Å². The molecule has 0 radical (unpaired) electrons. The monoisotopic (exact) mass is 173 g/mol. The second-order valence-corrected chi connectivity index (χ2v) is 3.39. The van der Waals surface area contributed by atoms with Crippen molar-refractivity contribution in [3.8, 4) is 0 Å². The van der Waals surface area contributed by atoms with E-state index in [-0.39, 0.29) is 0 Å². The highest BCUT2D eigenvalue weighted by Gasteiger charge is 2.02. The summed E-state index contributed by atoms with van der Waals surface area (Å²) < 4.78 is 0. The Balaban J connectivity index is 2.82. The lowest BCUT2D eigenvalue weighted by Gasteiger charge is -1.97. The second kappa shape index (κ2) is 2.73. The minimum Gasteiger partial charge on any atom is -0.352 e. The highest BCUT2D eigenvalue weighted by Crippen LogP contribution is 2.20. The summed E-state index contributed by atoms with van der Waals surface area (Å²) in [6, 6.07) is 6.06. The number of aromatic nitrogens is 1. The molecule has 0 amide bonds. The van der Waals surface area contributed by atoms with Crippen molar-refractivity contribution in [3.63, 3.8) is 0 Å². The zero-order valence-corrected chi connectivity index (χ0v) is 7.72. The lowest BCUT2D eigenvalue weighted by Crippen LogP contribution is -1.80. The van der Waals surface area contributed by atoms with E-state index in [9.17, 15) is 4.79 Å². The maximum absolute atomic E-state index is 10.5. The van der Waals surface area contributed by atoms with Gasteiger partial charge >= 0.3 is 0 Å². The van der Waals surface area contributed by atoms with Gasteiger partial charge in [-0.15, -0.1) is 0 Å². The van der Waals surface area contributed by atoms with Crippen LogP contribution in [-0.4, -0.2) is 11.3 Å². The Morgan fingerprint density at radius 1 is 1.23 bits per heavy atom. The number of aldehydes is 1. The standard InChI is InChI=1S/C11H11NO/c1-7-3-8(2)11-9(4-7)5-10(6-13)12-11/h3-6,12H,1-2H3. The van der Waals surface area contributed by atoms with Gasteiger partial charge in [-0.05, 0) is 31.5 Å². The molecule has 2 heteroatoms. The second-order valence-electron chi connectivity index (χ2n) is 3.39. The lowest BCUT2D eigenvalue weighted by atomic mass is 10.1. The summed E-state index contributed by atoms with van der Waals surface area (Å²) in [4.78, 5) is 13.6. The van der Waals surface area contributed by atoms with E-state index >= 15 is 0 Å². The predicted molar refractivity (Wildman–Crippen MR) is 53.2 cm³/mol. The molecule has 1 heterocycles. The van der Waals surface area contributed by atoms with Crippen molar-refractivity contribution in [2.75, 3.05) is 0 Å². The van der Waals surface area contributed by atoms with Crippen molar-refractivity contribution in [1.29, 1.82) is 0 Å². The normalized spacial score (nSPS) is 10.6. The molecule has 0 fully saturated rings. The average Bonchev–Trinajstić information content (AvgIpc) is 2.47. The average molecular weight is 173 g/mol. The van der Waals surface area contributed by atoms with Gasteiger partial charge in [-0.3, -0.25) is 4.79 Å².